The lowest BCUT2D eigenvalue weighted by Crippen LogP contribution is -2.10. The van der Waals surface area contributed by atoms with Crippen LogP contribution in [0, 0.1) is 5.82 Å². The lowest BCUT2D eigenvalue weighted by molar-refractivity contribution is -0.116. The Kier molecular flexibility index (Phi) is 5.58. The number of Topliss-reactive ketones (excluding diaryl/α,β-unsaturated/α-hetero) is 1. The van der Waals surface area contributed by atoms with Crippen LogP contribution >= 0.6 is 27.7 Å². The van der Waals surface area contributed by atoms with Gasteiger partial charge >= 0.3 is 0 Å². The molecule has 0 radical (unpaired) electrons. The summed E-state index contributed by atoms with van der Waals surface area (Å²) in [6.07, 6.45) is 1.17. The Morgan fingerprint density at radius 1 is 1.38 bits per heavy atom. The van der Waals surface area contributed by atoms with Crippen molar-refractivity contribution in [3.05, 3.63) is 45.9 Å². The van der Waals surface area contributed by atoms with Crippen molar-refractivity contribution in [1.82, 2.24) is 9.78 Å². The van der Waals surface area contributed by atoms with E-state index in [2.05, 4.69) is 21.0 Å². The molecule has 0 unspecified atom stereocenters. The molecule has 1 heterocycles. The maximum atomic E-state index is 12.8. The third kappa shape index (κ3) is 4.17. The molecule has 0 spiro atoms. The van der Waals surface area contributed by atoms with Crippen molar-refractivity contribution in [2.24, 2.45) is 7.05 Å². The van der Waals surface area contributed by atoms with Crippen LogP contribution in [0.5, 0.6) is 0 Å². The molecule has 1 aromatic heterocycles. The minimum absolute atomic E-state index is 0.121. The second-order valence-corrected chi connectivity index (χ2v) is 6.48. The number of ketones is 1. The van der Waals surface area contributed by atoms with Crippen LogP contribution in [0.15, 0.2) is 33.6 Å². The number of aryl methyl sites for hydroxylation is 2. The Morgan fingerprint density at radius 3 is 2.62 bits per heavy atom. The van der Waals surface area contributed by atoms with Crippen molar-refractivity contribution >= 4 is 33.5 Å². The second-order valence-electron chi connectivity index (χ2n) is 4.64. The quantitative estimate of drug-likeness (QED) is 0.725. The third-order valence-electron chi connectivity index (χ3n) is 3.08. The molecule has 0 amide bonds. The highest BCUT2D eigenvalue weighted by atomic mass is 79.9. The first-order valence-corrected chi connectivity index (χ1v) is 8.39. The van der Waals surface area contributed by atoms with Crippen molar-refractivity contribution in [2.75, 3.05) is 5.75 Å². The fourth-order valence-corrected chi connectivity index (χ4v) is 3.46. The molecule has 0 aliphatic rings. The zero-order valence-electron chi connectivity index (χ0n) is 11.9. The number of hydrogen-bond donors (Lipinski definition) is 0. The molecule has 112 valence electrons. The van der Waals surface area contributed by atoms with Gasteiger partial charge in [0.1, 0.15) is 11.6 Å². The average molecular weight is 371 g/mol. The topological polar surface area (TPSA) is 34.9 Å². The van der Waals surface area contributed by atoms with E-state index in [1.165, 1.54) is 23.9 Å². The first kappa shape index (κ1) is 16.2. The van der Waals surface area contributed by atoms with Crippen molar-refractivity contribution < 1.29 is 9.18 Å². The Labute approximate surface area is 136 Å². The van der Waals surface area contributed by atoms with Gasteiger partial charge in [-0.25, -0.2) is 4.39 Å². The predicted molar refractivity (Wildman–Crippen MR) is 86.1 cm³/mol. The highest BCUT2D eigenvalue weighted by Gasteiger charge is 2.15. The van der Waals surface area contributed by atoms with Gasteiger partial charge in [0, 0.05) is 11.9 Å². The number of thioether (sulfide) groups is 1. The van der Waals surface area contributed by atoms with Gasteiger partial charge in [-0.2, -0.15) is 5.10 Å². The molecular weight excluding hydrogens is 355 g/mol. The number of benzene rings is 1. The molecule has 3 nitrogen and oxygen atoms in total. The molecular formula is C15H16BrFN2OS. The van der Waals surface area contributed by atoms with Gasteiger partial charge in [0.05, 0.1) is 28.0 Å². The minimum atomic E-state index is -0.267. The lowest BCUT2D eigenvalue weighted by atomic mass is 10.2. The Hall–Kier alpha value is -1.14. The Morgan fingerprint density at radius 2 is 2.05 bits per heavy atom. The van der Waals surface area contributed by atoms with Crippen LogP contribution in [-0.2, 0) is 24.7 Å². The molecule has 21 heavy (non-hydrogen) atoms. The molecule has 0 N–H and O–H groups in total. The van der Waals surface area contributed by atoms with Gasteiger partial charge in [0.25, 0.3) is 0 Å². The van der Waals surface area contributed by atoms with E-state index < -0.39 is 0 Å². The summed E-state index contributed by atoms with van der Waals surface area (Å²) in [6, 6.07) is 6.17. The van der Waals surface area contributed by atoms with Crippen molar-refractivity contribution in [2.45, 2.75) is 24.7 Å². The largest absolute Gasteiger partial charge is 0.298 e. The summed E-state index contributed by atoms with van der Waals surface area (Å²) in [5, 5.41) is 4.38. The zero-order chi connectivity index (χ0) is 15.4. The highest BCUT2D eigenvalue weighted by molar-refractivity contribution is 9.10. The van der Waals surface area contributed by atoms with Crippen molar-refractivity contribution in [3.8, 4) is 0 Å². The summed E-state index contributed by atoms with van der Waals surface area (Å²) in [5.41, 5.74) is 1.86. The minimum Gasteiger partial charge on any atom is -0.298 e. The van der Waals surface area contributed by atoms with E-state index in [-0.39, 0.29) is 11.6 Å². The van der Waals surface area contributed by atoms with Gasteiger partial charge in [-0.05, 0) is 46.6 Å². The van der Waals surface area contributed by atoms with E-state index in [1.807, 2.05) is 14.0 Å². The SMILES string of the molecule is CCc1nn(C)c(CC(=O)CSc2ccc(F)cc2)c1Br. The van der Waals surface area contributed by atoms with Gasteiger partial charge in [-0.1, -0.05) is 6.92 Å². The van der Waals surface area contributed by atoms with E-state index in [0.717, 1.165) is 27.2 Å². The third-order valence-corrected chi connectivity index (χ3v) is 5.07. The molecule has 2 aromatic rings. The summed E-state index contributed by atoms with van der Waals surface area (Å²) in [7, 11) is 1.85. The Balaban J connectivity index is 1.96. The van der Waals surface area contributed by atoms with E-state index in [4.69, 9.17) is 0 Å². The highest BCUT2D eigenvalue weighted by Crippen LogP contribution is 2.23. The molecule has 0 saturated carbocycles. The number of carbonyl (C=O) groups is 1. The van der Waals surface area contributed by atoms with Crippen LogP contribution in [0.25, 0.3) is 0 Å². The van der Waals surface area contributed by atoms with Gasteiger partial charge in [-0.15, -0.1) is 11.8 Å². The number of hydrogen-bond acceptors (Lipinski definition) is 3. The molecule has 6 heteroatoms. The molecule has 0 fully saturated rings. The molecule has 0 aliphatic carbocycles. The van der Waals surface area contributed by atoms with E-state index in [1.54, 1.807) is 16.8 Å². The maximum absolute atomic E-state index is 12.8. The lowest BCUT2D eigenvalue weighted by Gasteiger charge is -2.03. The standard InChI is InChI=1S/C15H16BrFN2OS/c1-3-13-15(16)14(19(2)18-13)8-11(20)9-21-12-6-4-10(17)5-7-12/h4-7H,3,8-9H2,1-2H3. The number of nitrogens with zero attached hydrogens (tertiary/aromatic N) is 2. The molecule has 1 aromatic carbocycles. The van der Waals surface area contributed by atoms with E-state index in [0.29, 0.717) is 12.2 Å². The van der Waals surface area contributed by atoms with Crippen LogP contribution in [0.4, 0.5) is 4.39 Å². The second kappa shape index (κ2) is 7.22. The number of aromatic nitrogens is 2. The predicted octanol–water partition coefficient (Wildman–Crippen LogP) is 3.79. The van der Waals surface area contributed by atoms with Gasteiger partial charge in [0.15, 0.2) is 0 Å². The fraction of sp³-hybridized carbons (Fsp3) is 0.333. The average Bonchev–Trinajstić information content (AvgIpc) is 2.74. The van der Waals surface area contributed by atoms with Crippen LogP contribution in [-0.4, -0.2) is 21.3 Å². The first-order valence-electron chi connectivity index (χ1n) is 6.61. The molecule has 0 saturated heterocycles. The van der Waals surface area contributed by atoms with Gasteiger partial charge in [-0.3, -0.25) is 9.48 Å². The number of halogens is 2. The van der Waals surface area contributed by atoms with E-state index in [9.17, 15) is 9.18 Å². The summed E-state index contributed by atoms with van der Waals surface area (Å²) >= 11 is 4.93. The normalized spacial score (nSPS) is 10.9. The van der Waals surface area contributed by atoms with Crippen LogP contribution < -0.4 is 0 Å². The maximum Gasteiger partial charge on any atom is 0.149 e. The van der Waals surface area contributed by atoms with Crippen LogP contribution in [0.1, 0.15) is 18.3 Å². The number of carbonyl (C=O) groups excluding carboxylic acids is 1. The number of rotatable bonds is 6. The van der Waals surface area contributed by atoms with E-state index >= 15 is 0 Å². The van der Waals surface area contributed by atoms with Gasteiger partial charge in [0.2, 0.25) is 0 Å². The van der Waals surface area contributed by atoms with Crippen molar-refractivity contribution in [3.63, 3.8) is 0 Å². The smallest absolute Gasteiger partial charge is 0.149 e. The molecule has 0 bridgehead atoms. The van der Waals surface area contributed by atoms with Crippen LogP contribution in [0.3, 0.4) is 0 Å². The molecule has 2 rings (SSSR count). The first-order chi connectivity index (χ1) is 10.0. The Bertz CT molecular complexity index is 640. The summed E-state index contributed by atoms with van der Waals surface area (Å²) in [5.74, 6) is 0.220. The van der Waals surface area contributed by atoms with Gasteiger partial charge < -0.3 is 0 Å². The monoisotopic (exact) mass is 370 g/mol. The van der Waals surface area contributed by atoms with Crippen molar-refractivity contribution in [1.29, 1.82) is 0 Å². The fourth-order valence-electron chi connectivity index (χ4n) is 1.94. The summed E-state index contributed by atoms with van der Waals surface area (Å²) in [6.45, 7) is 2.03. The molecule has 0 atom stereocenters. The molecule has 0 aliphatic heterocycles. The zero-order valence-corrected chi connectivity index (χ0v) is 14.3. The summed E-state index contributed by atoms with van der Waals surface area (Å²) in [4.78, 5) is 13.0. The van der Waals surface area contributed by atoms with Crippen LogP contribution in [0.2, 0.25) is 0 Å². The summed E-state index contributed by atoms with van der Waals surface area (Å²) < 4.78 is 15.5.